The van der Waals surface area contributed by atoms with Crippen molar-refractivity contribution in [1.82, 2.24) is 4.98 Å². The number of nitrogens with one attached hydrogen (secondary N) is 1. The van der Waals surface area contributed by atoms with Crippen molar-refractivity contribution in [2.24, 2.45) is 11.8 Å². The smallest absolute Gasteiger partial charge is 0.143 e. The van der Waals surface area contributed by atoms with E-state index >= 15 is 0 Å². The van der Waals surface area contributed by atoms with Crippen molar-refractivity contribution in [3.05, 3.63) is 23.9 Å². The maximum atomic E-state index is 8.87. The number of thioether (sulfide) groups is 1. The Hall–Kier alpha value is -0.780. The Labute approximate surface area is 94.3 Å². The Bertz CT molecular complexity index is 296. The molecule has 0 aliphatic rings. The SMILES string of the molecule is CC(CO)CSCc1cccnc1NN. The summed E-state index contributed by atoms with van der Waals surface area (Å²) >= 11 is 1.77. The zero-order valence-electron chi connectivity index (χ0n) is 8.81. The Morgan fingerprint density at radius 2 is 2.47 bits per heavy atom. The zero-order valence-corrected chi connectivity index (χ0v) is 9.63. The Morgan fingerprint density at radius 1 is 1.67 bits per heavy atom. The molecule has 1 unspecified atom stereocenters. The molecule has 0 saturated heterocycles. The third-order valence-electron chi connectivity index (χ3n) is 2.00. The highest BCUT2D eigenvalue weighted by Crippen LogP contribution is 2.19. The second-order valence-electron chi connectivity index (χ2n) is 3.46. The topological polar surface area (TPSA) is 71.2 Å². The fourth-order valence-electron chi connectivity index (χ4n) is 1.11. The van der Waals surface area contributed by atoms with Gasteiger partial charge in [0.2, 0.25) is 0 Å². The molecule has 0 amide bonds. The first kappa shape index (κ1) is 12.3. The van der Waals surface area contributed by atoms with Crippen LogP contribution in [0.2, 0.25) is 0 Å². The molecule has 1 atom stereocenters. The highest BCUT2D eigenvalue weighted by atomic mass is 32.2. The molecule has 0 aliphatic heterocycles. The molecule has 0 aromatic carbocycles. The number of anilines is 1. The van der Waals surface area contributed by atoms with Crippen LogP contribution in [0.3, 0.4) is 0 Å². The molecule has 0 spiro atoms. The lowest BCUT2D eigenvalue weighted by Gasteiger charge is -2.09. The minimum atomic E-state index is 0.238. The van der Waals surface area contributed by atoms with Crippen LogP contribution in [0.25, 0.3) is 0 Å². The lowest BCUT2D eigenvalue weighted by Crippen LogP contribution is -2.11. The van der Waals surface area contributed by atoms with Gasteiger partial charge in [-0.1, -0.05) is 13.0 Å². The van der Waals surface area contributed by atoms with Gasteiger partial charge in [-0.15, -0.1) is 0 Å². The Morgan fingerprint density at radius 3 is 3.13 bits per heavy atom. The molecular weight excluding hydrogens is 210 g/mol. The van der Waals surface area contributed by atoms with E-state index in [-0.39, 0.29) is 6.61 Å². The molecule has 4 N–H and O–H groups in total. The average molecular weight is 227 g/mol. The molecule has 84 valence electrons. The number of hydrogen-bond donors (Lipinski definition) is 3. The maximum Gasteiger partial charge on any atom is 0.143 e. The number of nitrogen functional groups attached to an aromatic ring is 1. The van der Waals surface area contributed by atoms with Crippen LogP contribution in [0.4, 0.5) is 5.82 Å². The summed E-state index contributed by atoms with van der Waals surface area (Å²) in [6.07, 6.45) is 1.71. The molecule has 15 heavy (non-hydrogen) atoms. The van der Waals surface area contributed by atoms with Crippen molar-refractivity contribution in [2.45, 2.75) is 12.7 Å². The predicted molar refractivity (Wildman–Crippen MR) is 64.5 cm³/mol. The fraction of sp³-hybridized carbons (Fsp3) is 0.500. The monoisotopic (exact) mass is 227 g/mol. The second-order valence-corrected chi connectivity index (χ2v) is 4.49. The van der Waals surface area contributed by atoms with Crippen LogP contribution in [-0.4, -0.2) is 22.5 Å². The second kappa shape index (κ2) is 6.66. The van der Waals surface area contributed by atoms with E-state index < -0.39 is 0 Å². The molecule has 0 saturated carbocycles. The number of nitrogens with two attached hydrogens (primary N) is 1. The highest BCUT2D eigenvalue weighted by molar-refractivity contribution is 7.98. The molecule has 1 rings (SSSR count). The molecule has 0 fully saturated rings. The molecule has 5 heteroatoms. The van der Waals surface area contributed by atoms with E-state index in [0.29, 0.717) is 5.92 Å². The van der Waals surface area contributed by atoms with Gasteiger partial charge in [0.25, 0.3) is 0 Å². The number of aromatic nitrogens is 1. The summed E-state index contributed by atoms with van der Waals surface area (Å²) in [6.45, 7) is 2.26. The van der Waals surface area contributed by atoms with Gasteiger partial charge in [-0.25, -0.2) is 10.8 Å². The van der Waals surface area contributed by atoms with Gasteiger partial charge in [0.05, 0.1) is 0 Å². The summed E-state index contributed by atoms with van der Waals surface area (Å²) in [5.74, 6) is 8.20. The van der Waals surface area contributed by atoms with Crippen molar-refractivity contribution in [1.29, 1.82) is 0 Å². The largest absolute Gasteiger partial charge is 0.396 e. The van der Waals surface area contributed by atoms with Crippen LogP contribution in [0.1, 0.15) is 12.5 Å². The zero-order chi connectivity index (χ0) is 11.1. The van der Waals surface area contributed by atoms with Gasteiger partial charge in [0.15, 0.2) is 0 Å². The molecule has 1 heterocycles. The van der Waals surface area contributed by atoms with Crippen LogP contribution in [-0.2, 0) is 5.75 Å². The first-order chi connectivity index (χ1) is 7.27. The minimum absolute atomic E-state index is 0.238. The van der Waals surface area contributed by atoms with Gasteiger partial charge < -0.3 is 10.5 Å². The number of rotatable bonds is 6. The van der Waals surface area contributed by atoms with Gasteiger partial charge in [-0.2, -0.15) is 11.8 Å². The van der Waals surface area contributed by atoms with Gasteiger partial charge in [0, 0.05) is 24.1 Å². The first-order valence-corrected chi connectivity index (χ1v) is 6.02. The van der Waals surface area contributed by atoms with E-state index in [0.717, 1.165) is 22.9 Å². The molecule has 0 aliphatic carbocycles. The van der Waals surface area contributed by atoms with E-state index in [1.807, 2.05) is 19.1 Å². The summed E-state index contributed by atoms with van der Waals surface area (Å²) in [4.78, 5) is 4.12. The summed E-state index contributed by atoms with van der Waals surface area (Å²) in [5.41, 5.74) is 3.67. The number of hydrogen-bond acceptors (Lipinski definition) is 5. The quantitative estimate of drug-likeness (QED) is 0.503. The molecule has 0 radical (unpaired) electrons. The van der Waals surface area contributed by atoms with Crippen LogP contribution in [0, 0.1) is 5.92 Å². The normalized spacial score (nSPS) is 12.5. The Kier molecular flexibility index (Phi) is 5.45. The third-order valence-corrected chi connectivity index (χ3v) is 3.32. The van der Waals surface area contributed by atoms with E-state index in [4.69, 9.17) is 10.9 Å². The number of aliphatic hydroxyl groups excluding tert-OH is 1. The van der Waals surface area contributed by atoms with Crippen molar-refractivity contribution in [2.75, 3.05) is 17.8 Å². The lowest BCUT2D eigenvalue weighted by atomic mass is 10.2. The van der Waals surface area contributed by atoms with Crippen LogP contribution in [0.15, 0.2) is 18.3 Å². The maximum absolute atomic E-state index is 8.87. The van der Waals surface area contributed by atoms with E-state index in [1.165, 1.54) is 0 Å². The van der Waals surface area contributed by atoms with Gasteiger partial charge >= 0.3 is 0 Å². The van der Waals surface area contributed by atoms with Gasteiger partial charge in [-0.3, -0.25) is 0 Å². The molecule has 1 aromatic heterocycles. The van der Waals surface area contributed by atoms with Crippen LogP contribution >= 0.6 is 11.8 Å². The number of pyridine rings is 1. The number of nitrogens with zero attached hydrogens (tertiary/aromatic N) is 1. The summed E-state index contributed by atoms with van der Waals surface area (Å²) < 4.78 is 0. The number of hydrazine groups is 1. The summed E-state index contributed by atoms with van der Waals surface area (Å²) in [7, 11) is 0. The van der Waals surface area contributed by atoms with Crippen molar-refractivity contribution in [3.8, 4) is 0 Å². The highest BCUT2D eigenvalue weighted by Gasteiger charge is 2.04. The molecular formula is C10H17N3OS. The first-order valence-electron chi connectivity index (χ1n) is 4.87. The van der Waals surface area contributed by atoms with Crippen molar-refractivity contribution < 1.29 is 5.11 Å². The summed E-state index contributed by atoms with van der Waals surface area (Å²) in [6, 6.07) is 3.89. The molecule has 4 nitrogen and oxygen atoms in total. The summed E-state index contributed by atoms with van der Waals surface area (Å²) in [5, 5.41) is 8.87. The third kappa shape index (κ3) is 4.07. The Balaban J connectivity index is 2.43. The van der Waals surface area contributed by atoms with E-state index in [2.05, 4.69) is 10.4 Å². The van der Waals surface area contributed by atoms with Gasteiger partial charge in [0.1, 0.15) is 5.82 Å². The van der Waals surface area contributed by atoms with Crippen molar-refractivity contribution in [3.63, 3.8) is 0 Å². The van der Waals surface area contributed by atoms with E-state index in [1.54, 1.807) is 18.0 Å². The average Bonchev–Trinajstić information content (AvgIpc) is 2.29. The standard InChI is InChI=1S/C10H17N3OS/c1-8(5-14)6-15-7-9-3-2-4-12-10(9)13-11/h2-4,8,14H,5-7,11H2,1H3,(H,12,13). The minimum Gasteiger partial charge on any atom is -0.396 e. The lowest BCUT2D eigenvalue weighted by molar-refractivity contribution is 0.250. The predicted octanol–water partition coefficient (Wildman–Crippen LogP) is 1.23. The van der Waals surface area contributed by atoms with Gasteiger partial charge in [-0.05, 0) is 17.7 Å². The van der Waals surface area contributed by atoms with Crippen molar-refractivity contribution >= 4 is 17.6 Å². The number of aliphatic hydroxyl groups is 1. The van der Waals surface area contributed by atoms with E-state index in [9.17, 15) is 0 Å². The fourth-order valence-corrected chi connectivity index (χ4v) is 2.19. The molecule has 1 aromatic rings. The van der Waals surface area contributed by atoms with Crippen LogP contribution < -0.4 is 11.3 Å². The molecule has 0 bridgehead atoms. The van der Waals surface area contributed by atoms with Crippen LogP contribution in [0.5, 0.6) is 0 Å².